The number of hydrogen-bond acceptors (Lipinski definition) is 0. The molecule has 150 valence electrons. The van der Waals surface area contributed by atoms with E-state index in [0.717, 1.165) is 0 Å². The molecule has 1 unspecified atom stereocenters. The van der Waals surface area contributed by atoms with Gasteiger partial charge in [0.05, 0.1) is 6.33 Å². The number of hydrogen-bond donors (Lipinski definition) is 0. The third kappa shape index (κ3) is 4.10. The first-order chi connectivity index (χ1) is 10.7. The lowest BCUT2D eigenvalue weighted by Gasteiger charge is -2.39. The van der Waals surface area contributed by atoms with Crippen LogP contribution in [0, 0.1) is 5.92 Å². The molecule has 25 heavy (non-hydrogen) atoms. The van der Waals surface area contributed by atoms with Crippen molar-refractivity contribution in [1.29, 1.82) is 0 Å². The average Bonchev–Trinajstić information content (AvgIpc) is 2.31. The molecule has 0 aromatic carbocycles. The van der Waals surface area contributed by atoms with Crippen LogP contribution in [0.4, 0.5) is 65.9 Å². The van der Waals surface area contributed by atoms with Gasteiger partial charge in [-0.15, -0.1) is 0 Å². The quantitative estimate of drug-likeness (QED) is 0.489. The highest BCUT2D eigenvalue weighted by atomic mass is 19.4. The topological polar surface area (TPSA) is 0 Å². The number of allylic oxidation sites excluding steroid dienone is 1. The molecule has 1 atom stereocenters. The lowest BCUT2D eigenvalue weighted by Crippen LogP contribution is -2.62. The summed E-state index contributed by atoms with van der Waals surface area (Å²) < 4.78 is 187. The van der Waals surface area contributed by atoms with E-state index in [4.69, 9.17) is 0 Å². The fourth-order valence-corrected chi connectivity index (χ4v) is 1.71. The molecule has 0 aromatic heterocycles. The summed E-state index contributed by atoms with van der Waals surface area (Å²) in [4.78, 5) is 0. The van der Waals surface area contributed by atoms with Crippen LogP contribution in [-0.2, 0) is 0 Å². The molecular formula is C10H5F15. The van der Waals surface area contributed by atoms with Crippen molar-refractivity contribution in [2.75, 3.05) is 0 Å². The Hall–Kier alpha value is -1.31. The fraction of sp³-hybridized carbons (Fsp3) is 0.800. The maximum absolute atomic E-state index is 13.6. The molecule has 0 aliphatic rings. The molecule has 0 nitrogen and oxygen atoms in total. The molecule has 0 aromatic rings. The largest absolute Gasteiger partial charge is 0.432 e. The van der Waals surface area contributed by atoms with Gasteiger partial charge in [-0.3, -0.25) is 0 Å². The highest BCUT2D eigenvalue weighted by Gasteiger charge is 2.80. The maximum Gasteiger partial charge on any atom is 0.432 e. The van der Waals surface area contributed by atoms with Gasteiger partial charge in [-0.25, -0.2) is 13.2 Å². The van der Waals surface area contributed by atoms with Gasteiger partial charge in [0.2, 0.25) is 0 Å². The minimum absolute atomic E-state index is 1.22. The second-order valence-electron chi connectivity index (χ2n) is 4.63. The second kappa shape index (κ2) is 6.45. The van der Waals surface area contributed by atoms with E-state index in [9.17, 15) is 65.9 Å². The predicted octanol–water partition coefficient (Wildman–Crippen LogP) is 6.14. The number of alkyl halides is 14. The first-order valence-corrected chi connectivity index (χ1v) is 5.58. The Morgan fingerprint density at radius 3 is 1.08 bits per heavy atom. The molecule has 0 rings (SSSR count). The van der Waals surface area contributed by atoms with Crippen LogP contribution in [-0.4, -0.2) is 36.0 Å². The van der Waals surface area contributed by atoms with Gasteiger partial charge in [0.1, 0.15) is 0 Å². The summed E-state index contributed by atoms with van der Waals surface area (Å²) in [5.74, 6) is -4.56. The van der Waals surface area contributed by atoms with Crippen LogP contribution in [0.2, 0.25) is 0 Å². The normalized spacial score (nSPS) is 17.2. The lowest BCUT2D eigenvalue weighted by atomic mass is 9.79. The summed E-state index contributed by atoms with van der Waals surface area (Å²) in [5.41, 5.74) is -13.4. The summed E-state index contributed by atoms with van der Waals surface area (Å²) in [6.07, 6.45) is -34.7. The summed E-state index contributed by atoms with van der Waals surface area (Å²) >= 11 is 0. The zero-order valence-corrected chi connectivity index (χ0v) is 11.1. The van der Waals surface area contributed by atoms with E-state index >= 15 is 0 Å². The monoisotopic (exact) mass is 410 g/mol. The van der Waals surface area contributed by atoms with E-state index in [0.29, 0.717) is 0 Å². The molecule has 15 heteroatoms. The number of rotatable bonds is 4. The molecule has 0 fully saturated rings. The molecule has 0 N–H and O–H groups in total. The Bertz CT molecular complexity index is 445. The third-order valence-corrected chi connectivity index (χ3v) is 3.04. The van der Waals surface area contributed by atoms with Crippen LogP contribution in [0.1, 0.15) is 6.42 Å². The molecule has 0 saturated carbocycles. The molecular weight excluding hydrogens is 405 g/mol. The molecule has 0 amide bonds. The van der Waals surface area contributed by atoms with Crippen molar-refractivity contribution >= 4 is 0 Å². The lowest BCUT2D eigenvalue weighted by molar-refractivity contribution is -0.375. The SMILES string of the molecule is F/C=C/C(CC(F)(C(F)(F)F)C(F)(F)F)C(F)(C(F)(F)F)C(F)(F)F. The fourth-order valence-electron chi connectivity index (χ4n) is 1.71. The maximum atomic E-state index is 13.6. The molecule has 0 heterocycles. The smallest absolute Gasteiger partial charge is 0.224 e. The van der Waals surface area contributed by atoms with Crippen LogP contribution in [0.3, 0.4) is 0 Å². The van der Waals surface area contributed by atoms with Gasteiger partial charge in [-0.05, 0) is 6.08 Å². The zero-order valence-electron chi connectivity index (χ0n) is 11.1. The average molecular weight is 410 g/mol. The van der Waals surface area contributed by atoms with Gasteiger partial charge in [0.15, 0.2) is 0 Å². The highest BCUT2D eigenvalue weighted by molar-refractivity contribution is 5.11. The van der Waals surface area contributed by atoms with Crippen molar-refractivity contribution in [1.82, 2.24) is 0 Å². The van der Waals surface area contributed by atoms with Crippen molar-refractivity contribution in [3.63, 3.8) is 0 Å². The summed E-state index contributed by atoms with van der Waals surface area (Å²) in [5, 5.41) is 0. The van der Waals surface area contributed by atoms with Crippen molar-refractivity contribution in [2.24, 2.45) is 5.92 Å². The van der Waals surface area contributed by atoms with Gasteiger partial charge in [0.25, 0.3) is 5.67 Å². The van der Waals surface area contributed by atoms with E-state index in [-0.39, 0.29) is 0 Å². The van der Waals surface area contributed by atoms with Crippen molar-refractivity contribution in [3.05, 3.63) is 12.4 Å². The molecule has 0 aliphatic carbocycles. The Labute approximate surface area is 128 Å². The van der Waals surface area contributed by atoms with Crippen molar-refractivity contribution < 1.29 is 65.9 Å². The minimum atomic E-state index is -7.13. The third-order valence-electron chi connectivity index (χ3n) is 3.04. The first kappa shape index (κ1) is 23.7. The van der Waals surface area contributed by atoms with Gasteiger partial charge in [0, 0.05) is 12.3 Å². The molecule has 0 aliphatic heterocycles. The predicted molar refractivity (Wildman–Crippen MR) is 50.3 cm³/mol. The number of halogens is 15. The van der Waals surface area contributed by atoms with Gasteiger partial charge in [-0.2, -0.15) is 52.7 Å². The standard InChI is InChI=1S/C10H5F15/c11-2-1-4(6(13,9(20,21)22)10(23,24)25)3-5(12,7(14,15)16)8(17,18)19/h1-2,4H,3H2/b2-1+. The Balaban J connectivity index is 6.49. The van der Waals surface area contributed by atoms with E-state index in [2.05, 4.69) is 0 Å². The van der Waals surface area contributed by atoms with E-state index in [1.807, 2.05) is 0 Å². The zero-order chi connectivity index (χ0) is 20.7. The van der Waals surface area contributed by atoms with Crippen LogP contribution in [0.5, 0.6) is 0 Å². The highest BCUT2D eigenvalue weighted by Crippen LogP contribution is 2.57. The Morgan fingerprint density at radius 1 is 0.560 bits per heavy atom. The summed E-state index contributed by atoms with van der Waals surface area (Å²) in [7, 11) is 0. The summed E-state index contributed by atoms with van der Waals surface area (Å²) in [6.45, 7) is 0. The van der Waals surface area contributed by atoms with Crippen LogP contribution >= 0.6 is 0 Å². The molecule has 0 saturated heterocycles. The van der Waals surface area contributed by atoms with Crippen molar-refractivity contribution in [2.45, 2.75) is 42.5 Å². The van der Waals surface area contributed by atoms with Gasteiger partial charge >= 0.3 is 30.4 Å². The molecule has 0 spiro atoms. The van der Waals surface area contributed by atoms with Crippen LogP contribution in [0.25, 0.3) is 0 Å². The van der Waals surface area contributed by atoms with Gasteiger partial charge in [-0.1, -0.05) is 0 Å². The van der Waals surface area contributed by atoms with E-state index in [1.165, 1.54) is 0 Å². The van der Waals surface area contributed by atoms with E-state index in [1.54, 1.807) is 0 Å². The van der Waals surface area contributed by atoms with E-state index < -0.39 is 60.8 Å². The van der Waals surface area contributed by atoms with Crippen molar-refractivity contribution in [3.8, 4) is 0 Å². The molecule has 0 radical (unpaired) electrons. The minimum Gasteiger partial charge on any atom is -0.224 e. The second-order valence-corrected chi connectivity index (χ2v) is 4.63. The van der Waals surface area contributed by atoms with Crippen LogP contribution in [0.15, 0.2) is 12.4 Å². The molecule has 0 bridgehead atoms. The Morgan fingerprint density at radius 2 is 0.880 bits per heavy atom. The first-order valence-electron chi connectivity index (χ1n) is 5.58. The Kier molecular flexibility index (Phi) is 6.11. The van der Waals surface area contributed by atoms with Gasteiger partial charge < -0.3 is 0 Å². The van der Waals surface area contributed by atoms with Crippen LogP contribution < -0.4 is 0 Å². The summed E-state index contributed by atoms with van der Waals surface area (Å²) in [6, 6.07) is 0.